The second kappa shape index (κ2) is 6.20. The average molecular weight is 308 g/mol. The predicted octanol–water partition coefficient (Wildman–Crippen LogP) is 3.17. The fourth-order valence-corrected chi connectivity index (χ4v) is 3.82. The number of fused-ring (bicyclic) bond motifs is 1. The monoisotopic (exact) mass is 308 g/mol. The minimum absolute atomic E-state index is 0.202. The smallest absolute Gasteiger partial charge is 0.211 e. The summed E-state index contributed by atoms with van der Waals surface area (Å²) >= 11 is 0. The lowest BCUT2D eigenvalue weighted by molar-refractivity contribution is 0.504. The molecule has 0 saturated heterocycles. The van der Waals surface area contributed by atoms with E-state index in [1.807, 2.05) is 31.3 Å². The predicted molar refractivity (Wildman–Crippen MR) is 88.0 cm³/mol. The van der Waals surface area contributed by atoms with Crippen LogP contribution in [0.5, 0.6) is 0 Å². The van der Waals surface area contributed by atoms with Crippen LogP contribution in [-0.4, -0.2) is 25.7 Å². The van der Waals surface area contributed by atoms with Crippen LogP contribution in [-0.2, 0) is 15.4 Å². The molecule has 1 aromatic carbocycles. The molecule has 0 aliphatic heterocycles. The highest BCUT2D eigenvalue weighted by Crippen LogP contribution is 2.29. The Kier molecular flexibility index (Phi) is 4.74. The fourth-order valence-electron chi connectivity index (χ4n) is 2.42. The maximum Gasteiger partial charge on any atom is 0.211 e. The van der Waals surface area contributed by atoms with Gasteiger partial charge in [-0.15, -0.1) is 0 Å². The molecule has 4 nitrogen and oxygen atoms in total. The Morgan fingerprint density at radius 3 is 2.67 bits per heavy atom. The zero-order chi connectivity index (χ0) is 15.5. The average Bonchev–Trinajstić information content (AvgIpc) is 2.88. The van der Waals surface area contributed by atoms with Crippen LogP contribution in [0.2, 0.25) is 0 Å². The van der Waals surface area contributed by atoms with Gasteiger partial charge in [-0.1, -0.05) is 45.4 Å². The molecule has 0 radical (unpaired) electrons. The zero-order valence-corrected chi connectivity index (χ0v) is 13.8. The Bertz CT molecular complexity index is 702. The van der Waals surface area contributed by atoms with Crippen molar-refractivity contribution in [3.63, 3.8) is 0 Å². The molecule has 0 amide bonds. The lowest BCUT2D eigenvalue weighted by Crippen LogP contribution is -2.37. The first-order chi connectivity index (χ1) is 9.86. The normalized spacial score (nSPS) is 12.9. The van der Waals surface area contributed by atoms with Crippen molar-refractivity contribution in [1.29, 1.82) is 0 Å². The molecule has 2 aromatic rings. The summed E-state index contributed by atoms with van der Waals surface area (Å²) in [5, 5.41) is 1.15. The summed E-state index contributed by atoms with van der Waals surface area (Å²) in [6.45, 7) is 6.52. The van der Waals surface area contributed by atoms with Crippen LogP contribution >= 0.6 is 0 Å². The SMILES string of the molecule is CCCCS(=O)(=O)NCC(C)(C)c1c[nH]c2ccccc12. The summed E-state index contributed by atoms with van der Waals surface area (Å²) in [4.78, 5) is 3.25. The highest BCUT2D eigenvalue weighted by molar-refractivity contribution is 7.89. The summed E-state index contributed by atoms with van der Waals surface area (Å²) in [6, 6.07) is 8.08. The molecular formula is C16H24N2O2S. The Balaban J connectivity index is 2.15. The molecule has 5 heteroatoms. The molecule has 21 heavy (non-hydrogen) atoms. The number of unbranched alkanes of at least 4 members (excludes halogenated alkanes) is 1. The van der Waals surface area contributed by atoms with E-state index < -0.39 is 10.0 Å². The molecule has 0 fully saturated rings. The molecule has 1 aromatic heterocycles. The highest BCUT2D eigenvalue weighted by Gasteiger charge is 2.25. The summed E-state index contributed by atoms with van der Waals surface area (Å²) in [5.74, 6) is 0.202. The largest absolute Gasteiger partial charge is 0.361 e. The Morgan fingerprint density at radius 2 is 1.95 bits per heavy atom. The van der Waals surface area contributed by atoms with E-state index in [-0.39, 0.29) is 11.2 Å². The highest BCUT2D eigenvalue weighted by atomic mass is 32.2. The van der Waals surface area contributed by atoms with Crippen LogP contribution in [0.4, 0.5) is 0 Å². The van der Waals surface area contributed by atoms with Gasteiger partial charge in [0, 0.05) is 29.1 Å². The van der Waals surface area contributed by atoms with Crippen molar-refractivity contribution in [2.24, 2.45) is 0 Å². The van der Waals surface area contributed by atoms with Gasteiger partial charge in [0.1, 0.15) is 0 Å². The van der Waals surface area contributed by atoms with Gasteiger partial charge in [0.05, 0.1) is 5.75 Å². The first-order valence-electron chi connectivity index (χ1n) is 7.40. The number of hydrogen-bond acceptors (Lipinski definition) is 2. The Morgan fingerprint density at radius 1 is 1.24 bits per heavy atom. The summed E-state index contributed by atoms with van der Waals surface area (Å²) < 4.78 is 26.6. The molecule has 2 rings (SSSR count). The fraction of sp³-hybridized carbons (Fsp3) is 0.500. The van der Waals surface area contributed by atoms with Gasteiger partial charge in [0.25, 0.3) is 0 Å². The van der Waals surface area contributed by atoms with Crippen LogP contribution in [0.15, 0.2) is 30.5 Å². The van der Waals surface area contributed by atoms with Gasteiger partial charge in [0.2, 0.25) is 10.0 Å². The number of sulfonamides is 1. The van der Waals surface area contributed by atoms with Crippen LogP contribution in [0, 0.1) is 0 Å². The van der Waals surface area contributed by atoms with Crippen molar-refractivity contribution in [2.75, 3.05) is 12.3 Å². The number of aromatic nitrogens is 1. The molecule has 0 atom stereocenters. The maximum absolute atomic E-state index is 12.0. The third-order valence-corrected chi connectivity index (χ3v) is 5.23. The van der Waals surface area contributed by atoms with E-state index in [1.165, 1.54) is 0 Å². The number of benzene rings is 1. The van der Waals surface area contributed by atoms with Crippen molar-refractivity contribution in [2.45, 2.75) is 39.0 Å². The molecule has 116 valence electrons. The molecule has 0 saturated carbocycles. The van der Waals surface area contributed by atoms with Crippen molar-refractivity contribution in [3.8, 4) is 0 Å². The molecule has 1 heterocycles. The minimum atomic E-state index is -3.18. The standard InChI is InChI=1S/C16H24N2O2S/c1-4-5-10-21(19,20)18-12-16(2,3)14-11-17-15-9-7-6-8-13(14)15/h6-9,11,17-18H,4-5,10,12H2,1-3H3. The van der Waals surface area contributed by atoms with E-state index >= 15 is 0 Å². The molecule has 0 unspecified atom stereocenters. The number of nitrogens with one attached hydrogen (secondary N) is 2. The van der Waals surface area contributed by atoms with Gasteiger partial charge >= 0.3 is 0 Å². The molecule has 2 N–H and O–H groups in total. The van der Waals surface area contributed by atoms with Crippen molar-refractivity contribution < 1.29 is 8.42 Å². The molecular weight excluding hydrogens is 284 g/mol. The van der Waals surface area contributed by atoms with Gasteiger partial charge in [-0.25, -0.2) is 13.1 Å². The number of rotatable bonds is 7. The van der Waals surface area contributed by atoms with Crippen molar-refractivity contribution in [1.82, 2.24) is 9.71 Å². The summed E-state index contributed by atoms with van der Waals surface area (Å²) in [6.07, 6.45) is 3.56. The molecule has 0 aliphatic carbocycles. The quantitative estimate of drug-likeness (QED) is 0.825. The third-order valence-electron chi connectivity index (χ3n) is 3.82. The van der Waals surface area contributed by atoms with E-state index in [2.05, 4.69) is 29.6 Å². The summed E-state index contributed by atoms with van der Waals surface area (Å²) in [7, 11) is -3.18. The number of hydrogen-bond donors (Lipinski definition) is 2. The first-order valence-corrected chi connectivity index (χ1v) is 9.05. The Hall–Kier alpha value is -1.33. The van der Waals surface area contributed by atoms with Gasteiger partial charge in [-0.05, 0) is 18.1 Å². The van der Waals surface area contributed by atoms with E-state index in [1.54, 1.807) is 0 Å². The molecule has 0 aliphatic rings. The second-order valence-electron chi connectivity index (χ2n) is 6.13. The topological polar surface area (TPSA) is 62.0 Å². The minimum Gasteiger partial charge on any atom is -0.361 e. The summed E-state index contributed by atoms with van der Waals surface area (Å²) in [5.41, 5.74) is 1.95. The van der Waals surface area contributed by atoms with E-state index in [0.29, 0.717) is 13.0 Å². The van der Waals surface area contributed by atoms with Crippen molar-refractivity contribution in [3.05, 3.63) is 36.0 Å². The second-order valence-corrected chi connectivity index (χ2v) is 8.05. The van der Waals surface area contributed by atoms with E-state index in [0.717, 1.165) is 22.9 Å². The number of para-hydroxylation sites is 1. The molecule has 0 bridgehead atoms. The first kappa shape index (κ1) is 16.0. The third kappa shape index (κ3) is 3.86. The Labute approximate surface area is 127 Å². The van der Waals surface area contributed by atoms with Crippen LogP contribution in [0.25, 0.3) is 10.9 Å². The van der Waals surface area contributed by atoms with Crippen LogP contribution in [0.3, 0.4) is 0 Å². The van der Waals surface area contributed by atoms with E-state index in [4.69, 9.17) is 0 Å². The van der Waals surface area contributed by atoms with Crippen LogP contribution in [0.1, 0.15) is 39.2 Å². The van der Waals surface area contributed by atoms with Gasteiger partial charge in [-0.3, -0.25) is 0 Å². The lowest BCUT2D eigenvalue weighted by Gasteiger charge is -2.25. The number of H-pyrrole nitrogens is 1. The number of aromatic amines is 1. The lowest BCUT2D eigenvalue weighted by atomic mass is 9.85. The van der Waals surface area contributed by atoms with Gasteiger partial charge in [0.15, 0.2) is 0 Å². The van der Waals surface area contributed by atoms with E-state index in [9.17, 15) is 8.42 Å². The van der Waals surface area contributed by atoms with Gasteiger partial charge in [-0.2, -0.15) is 0 Å². The molecule has 0 spiro atoms. The maximum atomic E-state index is 12.0. The van der Waals surface area contributed by atoms with Crippen LogP contribution < -0.4 is 4.72 Å². The zero-order valence-electron chi connectivity index (χ0n) is 12.9. The van der Waals surface area contributed by atoms with Crippen molar-refractivity contribution >= 4 is 20.9 Å². The van der Waals surface area contributed by atoms with Gasteiger partial charge < -0.3 is 4.98 Å².